The Morgan fingerprint density at radius 2 is 1.88 bits per heavy atom. The van der Waals surface area contributed by atoms with Gasteiger partial charge in [0.15, 0.2) is 10.3 Å². The van der Waals surface area contributed by atoms with Gasteiger partial charge in [-0.25, -0.2) is 4.98 Å². The number of carbonyl (C=O) groups is 1. The summed E-state index contributed by atoms with van der Waals surface area (Å²) in [5.41, 5.74) is 3.41. The molecule has 24 heavy (non-hydrogen) atoms. The number of fused-ring (bicyclic) bond motifs is 3. The van der Waals surface area contributed by atoms with Crippen molar-refractivity contribution in [2.45, 2.75) is 5.38 Å². The third-order valence-corrected chi connectivity index (χ3v) is 5.38. The van der Waals surface area contributed by atoms with Crippen molar-refractivity contribution in [2.24, 2.45) is 0 Å². The molecule has 1 N–H and O–H groups in total. The molecule has 4 nitrogen and oxygen atoms in total. The third-order valence-electron chi connectivity index (χ3n) is 3.95. The molecule has 0 spiro atoms. The van der Waals surface area contributed by atoms with Crippen LogP contribution in [0.3, 0.4) is 0 Å². The zero-order valence-corrected chi connectivity index (χ0v) is 14.4. The number of nitrogens with zero attached hydrogens (tertiary/aromatic N) is 2. The molecule has 0 aliphatic heterocycles. The number of nitrogens with one attached hydrogen (secondary N) is 1. The van der Waals surface area contributed by atoms with Crippen molar-refractivity contribution >= 4 is 44.0 Å². The Bertz CT molecular complexity index is 1040. The summed E-state index contributed by atoms with van der Waals surface area (Å²) in [4.78, 5) is 17.8. The molecule has 2 aromatic heterocycles. The number of rotatable bonds is 3. The fourth-order valence-electron chi connectivity index (χ4n) is 2.83. The molecule has 0 aliphatic carbocycles. The van der Waals surface area contributed by atoms with Gasteiger partial charge >= 0.3 is 0 Å². The summed E-state index contributed by atoms with van der Waals surface area (Å²) in [5, 5.41) is 1.81. The summed E-state index contributed by atoms with van der Waals surface area (Å²) < 4.78 is 3.11. The van der Waals surface area contributed by atoms with Crippen molar-refractivity contribution in [3.8, 4) is 11.3 Å². The van der Waals surface area contributed by atoms with Crippen LogP contribution in [0.4, 0.5) is 0 Å². The number of aromatic nitrogens is 2. The topological polar surface area (TPSA) is 46.4 Å². The lowest BCUT2D eigenvalue weighted by Crippen LogP contribution is -2.23. The molecule has 0 radical (unpaired) electrons. The fraction of sp³-hybridized carbons (Fsp3) is 0.111. The van der Waals surface area contributed by atoms with E-state index in [2.05, 4.69) is 5.32 Å². The second kappa shape index (κ2) is 5.92. The van der Waals surface area contributed by atoms with Crippen LogP contribution in [0, 0.1) is 0 Å². The van der Waals surface area contributed by atoms with Crippen LogP contribution in [0.25, 0.3) is 26.4 Å². The maximum atomic E-state index is 12.2. The molecule has 0 fully saturated rings. The number of para-hydroxylation sites is 1. The molecule has 2 heterocycles. The third kappa shape index (κ3) is 2.28. The van der Waals surface area contributed by atoms with E-state index in [0.29, 0.717) is 5.69 Å². The van der Waals surface area contributed by atoms with E-state index in [-0.39, 0.29) is 5.91 Å². The number of hydrogen-bond donors (Lipinski definition) is 1. The maximum Gasteiger partial charge on any atom is 0.243 e. The van der Waals surface area contributed by atoms with E-state index in [1.807, 2.05) is 59.0 Å². The van der Waals surface area contributed by atoms with Gasteiger partial charge in [0.2, 0.25) is 5.91 Å². The lowest BCUT2D eigenvalue weighted by Gasteiger charge is -2.10. The first-order valence-corrected chi connectivity index (χ1v) is 8.77. The quantitative estimate of drug-likeness (QED) is 0.559. The number of benzene rings is 2. The van der Waals surface area contributed by atoms with Gasteiger partial charge in [-0.1, -0.05) is 53.8 Å². The standard InChI is InChI=1S/C18H14ClN3OS/c1-20-17(23)14(19)16-15(11-7-3-2-4-8-11)21-18-22(16)12-9-5-6-10-13(12)24-18/h2-10,14H,1H3,(H,20,23). The van der Waals surface area contributed by atoms with E-state index in [0.717, 1.165) is 26.4 Å². The van der Waals surface area contributed by atoms with Crippen molar-refractivity contribution in [2.75, 3.05) is 7.05 Å². The maximum absolute atomic E-state index is 12.2. The van der Waals surface area contributed by atoms with Crippen LogP contribution in [0.15, 0.2) is 54.6 Å². The minimum Gasteiger partial charge on any atom is -0.358 e. The number of likely N-dealkylation sites (N-methyl/N-ethyl adjacent to an activating group) is 1. The van der Waals surface area contributed by atoms with Crippen molar-refractivity contribution < 1.29 is 4.79 Å². The average molecular weight is 356 g/mol. The first kappa shape index (κ1) is 15.2. The Labute approximate surface area is 147 Å². The Kier molecular flexibility index (Phi) is 3.75. The highest BCUT2D eigenvalue weighted by atomic mass is 35.5. The molecule has 6 heteroatoms. The Morgan fingerprint density at radius 1 is 1.17 bits per heavy atom. The van der Waals surface area contributed by atoms with Gasteiger partial charge in [0.25, 0.3) is 0 Å². The summed E-state index contributed by atoms with van der Waals surface area (Å²) in [6.45, 7) is 0. The second-order valence-corrected chi connectivity index (χ2v) is 6.82. The molecule has 4 aromatic rings. The van der Waals surface area contributed by atoms with E-state index in [4.69, 9.17) is 16.6 Å². The minimum atomic E-state index is -0.821. The lowest BCUT2D eigenvalue weighted by atomic mass is 10.1. The molecule has 0 saturated heterocycles. The van der Waals surface area contributed by atoms with Gasteiger partial charge in [-0.2, -0.15) is 0 Å². The van der Waals surface area contributed by atoms with Gasteiger partial charge < -0.3 is 5.32 Å². The smallest absolute Gasteiger partial charge is 0.243 e. The molecular formula is C18H14ClN3OS. The lowest BCUT2D eigenvalue weighted by molar-refractivity contribution is -0.120. The fourth-order valence-corrected chi connectivity index (χ4v) is 4.17. The van der Waals surface area contributed by atoms with Crippen LogP contribution in [-0.4, -0.2) is 22.3 Å². The minimum absolute atomic E-state index is 0.245. The number of amides is 1. The summed E-state index contributed by atoms with van der Waals surface area (Å²) in [5.74, 6) is -0.245. The Balaban J connectivity index is 2.07. The van der Waals surface area contributed by atoms with Crippen LogP contribution in [-0.2, 0) is 4.79 Å². The molecule has 4 rings (SSSR count). The molecule has 0 aliphatic rings. The van der Waals surface area contributed by atoms with Gasteiger partial charge in [-0.05, 0) is 12.1 Å². The summed E-state index contributed by atoms with van der Waals surface area (Å²) in [7, 11) is 1.59. The monoisotopic (exact) mass is 355 g/mol. The SMILES string of the molecule is CNC(=O)C(Cl)c1c(-c2ccccc2)nc2sc3ccccc3n12. The summed E-state index contributed by atoms with van der Waals surface area (Å²) in [6.07, 6.45) is 0. The van der Waals surface area contributed by atoms with Crippen LogP contribution >= 0.6 is 22.9 Å². The van der Waals surface area contributed by atoms with Crippen LogP contribution in [0.5, 0.6) is 0 Å². The number of alkyl halides is 1. The zero-order valence-electron chi connectivity index (χ0n) is 12.9. The van der Waals surface area contributed by atoms with Gasteiger partial charge in [0, 0.05) is 12.6 Å². The van der Waals surface area contributed by atoms with Gasteiger partial charge in [0.05, 0.1) is 21.6 Å². The zero-order chi connectivity index (χ0) is 16.7. The summed E-state index contributed by atoms with van der Waals surface area (Å²) in [6, 6.07) is 17.8. The predicted molar refractivity (Wildman–Crippen MR) is 98.7 cm³/mol. The highest BCUT2D eigenvalue weighted by molar-refractivity contribution is 7.23. The van der Waals surface area contributed by atoms with E-state index < -0.39 is 5.38 Å². The van der Waals surface area contributed by atoms with E-state index in [1.165, 1.54) is 0 Å². The van der Waals surface area contributed by atoms with Gasteiger partial charge in [-0.3, -0.25) is 9.20 Å². The normalized spacial score (nSPS) is 12.6. The first-order chi connectivity index (χ1) is 11.7. The van der Waals surface area contributed by atoms with Gasteiger partial charge in [0.1, 0.15) is 0 Å². The first-order valence-electron chi connectivity index (χ1n) is 7.51. The number of thiazole rings is 1. The molecule has 1 unspecified atom stereocenters. The van der Waals surface area contributed by atoms with Crippen molar-refractivity contribution in [3.05, 3.63) is 60.3 Å². The molecular weight excluding hydrogens is 342 g/mol. The summed E-state index contributed by atoms with van der Waals surface area (Å²) >= 11 is 8.11. The number of imidazole rings is 1. The highest BCUT2D eigenvalue weighted by Gasteiger charge is 2.27. The number of halogens is 1. The molecule has 1 atom stereocenters. The average Bonchev–Trinajstić information content (AvgIpc) is 3.17. The van der Waals surface area contributed by atoms with E-state index in [9.17, 15) is 4.79 Å². The van der Waals surface area contributed by atoms with Gasteiger partial charge in [-0.15, -0.1) is 11.6 Å². The predicted octanol–water partition coefficient (Wildman–Crippen LogP) is 4.24. The van der Waals surface area contributed by atoms with Crippen LogP contribution < -0.4 is 5.32 Å². The molecule has 120 valence electrons. The van der Waals surface area contributed by atoms with Crippen molar-refractivity contribution in [1.82, 2.24) is 14.7 Å². The van der Waals surface area contributed by atoms with Crippen LogP contribution in [0.1, 0.15) is 11.1 Å². The van der Waals surface area contributed by atoms with E-state index >= 15 is 0 Å². The highest BCUT2D eigenvalue weighted by Crippen LogP contribution is 2.37. The van der Waals surface area contributed by atoms with Crippen molar-refractivity contribution in [3.63, 3.8) is 0 Å². The van der Waals surface area contributed by atoms with Crippen molar-refractivity contribution in [1.29, 1.82) is 0 Å². The second-order valence-electron chi connectivity index (χ2n) is 5.38. The number of hydrogen-bond acceptors (Lipinski definition) is 3. The molecule has 0 saturated carbocycles. The molecule has 2 aromatic carbocycles. The Hall–Kier alpha value is -2.37. The van der Waals surface area contributed by atoms with E-state index in [1.54, 1.807) is 18.4 Å². The largest absolute Gasteiger partial charge is 0.358 e. The Morgan fingerprint density at radius 3 is 2.62 bits per heavy atom. The molecule has 1 amide bonds. The number of carbonyl (C=O) groups excluding carboxylic acids is 1. The van der Waals surface area contributed by atoms with Crippen LogP contribution in [0.2, 0.25) is 0 Å². The molecule has 0 bridgehead atoms.